The number of benzene rings is 1. The van der Waals surface area contributed by atoms with Gasteiger partial charge in [0.25, 0.3) is 16.8 Å². The number of carboxylic acids is 1. The second-order valence-corrected chi connectivity index (χ2v) is 7.65. The summed E-state index contributed by atoms with van der Waals surface area (Å²) in [5.41, 5.74) is -0.108. The van der Waals surface area contributed by atoms with Crippen LogP contribution in [0.4, 0.5) is 16.4 Å². The molecular formula is C21H21N3O5S. The van der Waals surface area contributed by atoms with Gasteiger partial charge in [-0.2, -0.15) is 0 Å². The first-order valence-corrected chi connectivity index (χ1v) is 10.3. The molecule has 3 rings (SSSR count). The fourth-order valence-electron chi connectivity index (χ4n) is 2.88. The van der Waals surface area contributed by atoms with Crippen molar-refractivity contribution >= 4 is 39.6 Å². The second kappa shape index (κ2) is 9.36. The summed E-state index contributed by atoms with van der Waals surface area (Å²) in [7, 11) is 0. The van der Waals surface area contributed by atoms with Crippen molar-refractivity contribution in [2.45, 2.75) is 25.8 Å². The average molecular weight is 427 g/mol. The van der Waals surface area contributed by atoms with Gasteiger partial charge in [0.2, 0.25) is 0 Å². The van der Waals surface area contributed by atoms with Crippen LogP contribution >= 0.6 is 11.3 Å². The van der Waals surface area contributed by atoms with Crippen LogP contribution in [0, 0.1) is 0 Å². The van der Waals surface area contributed by atoms with Gasteiger partial charge < -0.3 is 21.1 Å². The highest BCUT2D eigenvalue weighted by Gasteiger charge is 2.26. The van der Waals surface area contributed by atoms with Crippen molar-refractivity contribution in [3.63, 3.8) is 0 Å². The van der Waals surface area contributed by atoms with Crippen molar-refractivity contribution in [2.75, 3.05) is 22.5 Å². The van der Waals surface area contributed by atoms with Crippen LogP contribution in [-0.4, -0.2) is 29.6 Å². The zero-order valence-corrected chi connectivity index (χ0v) is 17.0. The van der Waals surface area contributed by atoms with Gasteiger partial charge in [0, 0.05) is 18.5 Å². The summed E-state index contributed by atoms with van der Waals surface area (Å²) in [5.74, 6) is -1.41. The molecule has 30 heavy (non-hydrogen) atoms. The molecule has 156 valence electrons. The van der Waals surface area contributed by atoms with E-state index in [1.807, 2.05) is 18.4 Å². The van der Waals surface area contributed by atoms with E-state index in [0.717, 1.165) is 11.4 Å². The lowest BCUT2D eigenvalue weighted by atomic mass is 10.0. The summed E-state index contributed by atoms with van der Waals surface area (Å²) in [6.45, 7) is 2.42. The first-order valence-electron chi connectivity index (χ1n) is 9.41. The topological polar surface area (TPSA) is 125 Å². The number of hydrogen-bond acceptors (Lipinski definition) is 7. The van der Waals surface area contributed by atoms with E-state index < -0.39 is 22.9 Å². The largest absolute Gasteiger partial charge is 0.480 e. The van der Waals surface area contributed by atoms with Crippen LogP contribution in [0.5, 0.6) is 0 Å². The lowest BCUT2D eigenvalue weighted by molar-refractivity contribution is -0.137. The fraction of sp³-hybridized carbons (Fsp3) is 0.238. The van der Waals surface area contributed by atoms with Gasteiger partial charge in [-0.05, 0) is 41.6 Å². The maximum Gasteiger partial charge on any atom is 0.326 e. The molecule has 9 heteroatoms. The highest BCUT2D eigenvalue weighted by molar-refractivity contribution is 7.14. The molecule has 4 N–H and O–H groups in total. The zero-order chi connectivity index (χ0) is 21.7. The lowest BCUT2D eigenvalue weighted by Gasteiger charge is -2.19. The minimum atomic E-state index is -1.15. The molecule has 1 aromatic heterocycles. The number of thiophene rings is 1. The van der Waals surface area contributed by atoms with E-state index in [4.69, 9.17) is 0 Å². The standard InChI is InChI=1S/C21H21N3O5S/c1-2-9-22-16-17(19(26)18(16)25)23-14(21(28)29)11-12-5-7-13(8-6-12)20(27)24-15-4-3-10-30-15/h3-8,10,14,22-23H,2,9,11H2,1H3,(H,24,27)(H,28,29)/t14-/m0/s1. The molecule has 0 unspecified atom stereocenters. The molecule has 1 amide bonds. The van der Waals surface area contributed by atoms with Crippen LogP contribution < -0.4 is 26.8 Å². The average Bonchev–Trinajstić information content (AvgIpc) is 3.25. The molecule has 0 aliphatic heterocycles. The molecule has 1 heterocycles. The molecule has 0 aliphatic rings. The van der Waals surface area contributed by atoms with Crippen LogP contribution in [0.3, 0.4) is 0 Å². The van der Waals surface area contributed by atoms with E-state index >= 15 is 0 Å². The summed E-state index contributed by atoms with van der Waals surface area (Å²) in [5, 5.41) is 20.4. The van der Waals surface area contributed by atoms with Crippen molar-refractivity contribution in [1.82, 2.24) is 0 Å². The van der Waals surface area contributed by atoms with Gasteiger partial charge in [-0.3, -0.25) is 14.4 Å². The van der Waals surface area contributed by atoms with Gasteiger partial charge in [-0.1, -0.05) is 19.1 Å². The number of carbonyl (C=O) groups excluding carboxylic acids is 1. The van der Waals surface area contributed by atoms with E-state index in [-0.39, 0.29) is 23.7 Å². The van der Waals surface area contributed by atoms with Crippen LogP contribution in [-0.2, 0) is 11.2 Å². The van der Waals surface area contributed by atoms with E-state index in [0.29, 0.717) is 17.7 Å². The van der Waals surface area contributed by atoms with Crippen LogP contribution in [0.15, 0.2) is 51.4 Å². The molecule has 0 saturated carbocycles. The summed E-state index contributed by atoms with van der Waals surface area (Å²) in [4.78, 5) is 47.5. The molecule has 0 saturated heterocycles. The summed E-state index contributed by atoms with van der Waals surface area (Å²) in [6, 6.07) is 9.09. The molecule has 3 aromatic rings. The smallest absolute Gasteiger partial charge is 0.326 e. The third-order valence-corrected chi connectivity index (χ3v) is 5.28. The van der Waals surface area contributed by atoms with Gasteiger partial charge in [0.05, 0.1) is 5.00 Å². The van der Waals surface area contributed by atoms with E-state index in [1.54, 1.807) is 30.3 Å². The van der Waals surface area contributed by atoms with Crippen molar-refractivity contribution in [2.24, 2.45) is 0 Å². The predicted molar refractivity (Wildman–Crippen MR) is 118 cm³/mol. The van der Waals surface area contributed by atoms with E-state index in [9.17, 15) is 24.3 Å². The molecule has 1 atom stereocenters. The minimum absolute atomic E-state index is 0.00722. The molecule has 0 aliphatic carbocycles. The van der Waals surface area contributed by atoms with E-state index in [1.165, 1.54) is 11.3 Å². The Morgan fingerprint density at radius 1 is 1.07 bits per heavy atom. The monoisotopic (exact) mass is 427 g/mol. The molecule has 0 radical (unpaired) electrons. The van der Waals surface area contributed by atoms with Crippen LogP contribution in [0.2, 0.25) is 0 Å². The Morgan fingerprint density at radius 3 is 2.37 bits per heavy atom. The number of nitrogens with one attached hydrogen (secondary N) is 3. The van der Waals surface area contributed by atoms with Crippen LogP contribution in [0.25, 0.3) is 0 Å². The van der Waals surface area contributed by atoms with Gasteiger partial charge in [0.1, 0.15) is 17.4 Å². The minimum Gasteiger partial charge on any atom is -0.480 e. The highest BCUT2D eigenvalue weighted by atomic mass is 32.1. The second-order valence-electron chi connectivity index (χ2n) is 6.70. The lowest BCUT2D eigenvalue weighted by Crippen LogP contribution is -2.42. The Labute approximate surface area is 176 Å². The number of aliphatic carboxylic acids is 1. The highest BCUT2D eigenvalue weighted by Crippen LogP contribution is 2.19. The summed E-state index contributed by atoms with van der Waals surface area (Å²) < 4.78 is 0. The third kappa shape index (κ3) is 4.74. The first-order chi connectivity index (χ1) is 14.4. The molecule has 0 bridgehead atoms. The maximum absolute atomic E-state index is 12.2. The number of rotatable bonds is 10. The normalized spacial score (nSPS) is 11.8. The Balaban J connectivity index is 1.68. The Bertz CT molecular complexity index is 1100. The predicted octanol–water partition coefficient (Wildman–Crippen LogP) is 2.53. The van der Waals surface area contributed by atoms with E-state index in [2.05, 4.69) is 16.0 Å². The number of anilines is 3. The number of carboxylic acid groups (broad SMARTS) is 1. The molecule has 0 fully saturated rings. The van der Waals surface area contributed by atoms with Crippen molar-refractivity contribution in [1.29, 1.82) is 0 Å². The quantitative estimate of drug-likeness (QED) is 0.367. The number of carbonyl (C=O) groups is 2. The van der Waals surface area contributed by atoms with Crippen LogP contribution in [0.1, 0.15) is 29.3 Å². The molecule has 2 aromatic carbocycles. The summed E-state index contributed by atoms with van der Waals surface area (Å²) in [6.07, 6.45) is 0.835. The zero-order valence-electron chi connectivity index (χ0n) is 16.2. The SMILES string of the molecule is CCCNc1c(N[C@@H](Cc2ccc(C(=O)Nc3cccs3)cc2)C(=O)O)c(=O)c1=O. The first kappa shape index (κ1) is 21.3. The fourth-order valence-corrected chi connectivity index (χ4v) is 3.50. The van der Waals surface area contributed by atoms with Gasteiger partial charge in [-0.25, -0.2) is 4.79 Å². The van der Waals surface area contributed by atoms with Crippen molar-refractivity contribution < 1.29 is 14.7 Å². The molecule has 0 spiro atoms. The molecule has 8 nitrogen and oxygen atoms in total. The van der Waals surface area contributed by atoms with Gasteiger partial charge in [-0.15, -0.1) is 11.3 Å². The Kier molecular flexibility index (Phi) is 6.63. The van der Waals surface area contributed by atoms with Gasteiger partial charge in [0.15, 0.2) is 0 Å². The Morgan fingerprint density at radius 2 is 1.77 bits per heavy atom. The Hall–Kier alpha value is -3.46. The summed E-state index contributed by atoms with van der Waals surface area (Å²) >= 11 is 1.41. The number of amides is 1. The van der Waals surface area contributed by atoms with Crippen molar-refractivity contribution in [3.05, 3.63) is 73.4 Å². The number of hydrogen-bond donors (Lipinski definition) is 4. The van der Waals surface area contributed by atoms with Gasteiger partial charge >= 0.3 is 5.97 Å². The third-order valence-electron chi connectivity index (χ3n) is 4.49. The molecular weight excluding hydrogens is 406 g/mol. The van der Waals surface area contributed by atoms with Crippen molar-refractivity contribution in [3.8, 4) is 0 Å². The maximum atomic E-state index is 12.2.